The van der Waals surface area contributed by atoms with E-state index in [-0.39, 0.29) is 17.0 Å². The number of aromatic nitrogens is 1. The highest BCUT2D eigenvalue weighted by Gasteiger charge is 2.13. The Morgan fingerprint density at radius 3 is 2.88 bits per heavy atom. The van der Waals surface area contributed by atoms with E-state index in [1.807, 2.05) is 0 Å². The monoisotopic (exact) mass is 355 g/mol. The van der Waals surface area contributed by atoms with Crippen molar-refractivity contribution in [1.82, 2.24) is 10.4 Å². The Morgan fingerprint density at radius 2 is 2.00 bits per heavy atom. The third kappa shape index (κ3) is 2.94. The molecule has 2 heterocycles. The fourth-order valence-corrected chi connectivity index (χ4v) is 3.18. The maximum atomic E-state index is 13.2. The molecule has 25 heavy (non-hydrogen) atoms. The molecule has 0 bridgehead atoms. The van der Waals surface area contributed by atoms with Crippen LogP contribution >= 0.6 is 11.3 Å². The second-order valence-corrected chi connectivity index (χ2v) is 6.21. The molecule has 0 radical (unpaired) electrons. The molecular formula is C17H10FN3O3S. The fourth-order valence-electron chi connectivity index (χ4n) is 2.34. The van der Waals surface area contributed by atoms with Gasteiger partial charge in [0.05, 0.1) is 15.6 Å². The third-order valence-electron chi connectivity index (χ3n) is 3.49. The van der Waals surface area contributed by atoms with E-state index < -0.39 is 5.91 Å². The highest BCUT2D eigenvalue weighted by atomic mass is 32.1. The van der Waals surface area contributed by atoms with E-state index in [1.54, 1.807) is 30.3 Å². The Balaban J connectivity index is 1.56. The summed E-state index contributed by atoms with van der Waals surface area (Å²) in [5, 5.41) is 0.789. The van der Waals surface area contributed by atoms with Crippen molar-refractivity contribution in [2.75, 3.05) is 5.43 Å². The van der Waals surface area contributed by atoms with Crippen LogP contribution in [0.25, 0.3) is 21.2 Å². The Bertz CT molecular complexity index is 1170. The van der Waals surface area contributed by atoms with E-state index in [4.69, 9.17) is 4.42 Å². The molecule has 0 aliphatic carbocycles. The molecule has 0 aliphatic heterocycles. The molecule has 0 saturated heterocycles. The van der Waals surface area contributed by atoms with E-state index in [0.717, 1.165) is 6.07 Å². The van der Waals surface area contributed by atoms with Gasteiger partial charge in [0.1, 0.15) is 11.4 Å². The molecule has 2 aromatic carbocycles. The Kier molecular flexibility index (Phi) is 3.66. The number of hydrazine groups is 1. The van der Waals surface area contributed by atoms with E-state index >= 15 is 0 Å². The van der Waals surface area contributed by atoms with Gasteiger partial charge < -0.3 is 4.42 Å². The maximum absolute atomic E-state index is 13.2. The lowest BCUT2D eigenvalue weighted by atomic mass is 10.2. The molecule has 4 rings (SSSR count). The Hall–Kier alpha value is -3.26. The number of hydrogen-bond donors (Lipinski definition) is 2. The first-order valence-corrected chi connectivity index (χ1v) is 8.07. The molecule has 0 aliphatic rings. The molecule has 0 atom stereocenters. The van der Waals surface area contributed by atoms with Crippen LogP contribution in [0, 0.1) is 5.82 Å². The normalized spacial score (nSPS) is 10.9. The number of nitrogens with zero attached hydrogens (tertiary/aromatic N) is 1. The number of hydrogen-bond acceptors (Lipinski definition) is 6. The number of thiazole rings is 1. The van der Waals surface area contributed by atoms with E-state index in [0.29, 0.717) is 26.3 Å². The van der Waals surface area contributed by atoms with Gasteiger partial charge in [-0.05, 0) is 30.3 Å². The highest BCUT2D eigenvalue weighted by Crippen LogP contribution is 2.25. The molecular weight excluding hydrogens is 345 g/mol. The number of para-hydroxylation sites is 1. The van der Waals surface area contributed by atoms with Gasteiger partial charge >= 0.3 is 5.91 Å². The zero-order valence-corrected chi connectivity index (χ0v) is 13.4. The van der Waals surface area contributed by atoms with Crippen LogP contribution in [0.3, 0.4) is 0 Å². The highest BCUT2D eigenvalue weighted by molar-refractivity contribution is 7.22. The number of carbonyl (C=O) groups excluding carboxylic acids is 1. The Morgan fingerprint density at radius 1 is 1.16 bits per heavy atom. The molecule has 124 valence electrons. The minimum absolute atomic E-state index is 0.122. The van der Waals surface area contributed by atoms with Crippen molar-refractivity contribution in [3.05, 3.63) is 70.3 Å². The minimum Gasteiger partial charge on any atom is -0.451 e. The van der Waals surface area contributed by atoms with Crippen LogP contribution in [0.5, 0.6) is 0 Å². The molecule has 8 heteroatoms. The summed E-state index contributed by atoms with van der Waals surface area (Å²) in [4.78, 5) is 28.4. The van der Waals surface area contributed by atoms with E-state index in [1.165, 1.54) is 23.5 Å². The Labute approximate surface area is 143 Å². The summed E-state index contributed by atoms with van der Waals surface area (Å²) in [7, 11) is 0. The first-order chi connectivity index (χ1) is 12.1. The van der Waals surface area contributed by atoms with Crippen LogP contribution in [0.2, 0.25) is 0 Å². The lowest BCUT2D eigenvalue weighted by molar-refractivity contribution is 0.0935. The summed E-state index contributed by atoms with van der Waals surface area (Å²) in [6.07, 6.45) is 0. The van der Waals surface area contributed by atoms with Gasteiger partial charge in [-0.25, -0.2) is 9.37 Å². The number of carbonyl (C=O) groups is 1. The van der Waals surface area contributed by atoms with Crippen LogP contribution in [0.15, 0.2) is 57.7 Å². The van der Waals surface area contributed by atoms with Gasteiger partial charge in [-0.15, -0.1) is 0 Å². The molecule has 2 N–H and O–H groups in total. The lowest BCUT2D eigenvalue weighted by Gasteiger charge is -2.05. The summed E-state index contributed by atoms with van der Waals surface area (Å²) in [6.45, 7) is 0. The summed E-state index contributed by atoms with van der Waals surface area (Å²) >= 11 is 1.19. The van der Waals surface area contributed by atoms with Crippen molar-refractivity contribution in [1.29, 1.82) is 0 Å². The molecule has 4 aromatic rings. The quantitative estimate of drug-likeness (QED) is 0.551. The van der Waals surface area contributed by atoms with E-state index in [2.05, 4.69) is 15.8 Å². The van der Waals surface area contributed by atoms with Crippen molar-refractivity contribution < 1.29 is 13.6 Å². The number of halogens is 1. The van der Waals surface area contributed by atoms with E-state index in [9.17, 15) is 14.0 Å². The third-order valence-corrected chi connectivity index (χ3v) is 4.43. The van der Waals surface area contributed by atoms with Crippen molar-refractivity contribution in [3.63, 3.8) is 0 Å². The van der Waals surface area contributed by atoms with Gasteiger partial charge in [0.25, 0.3) is 0 Å². The smallest absolute Gasteiger partial charge is 0.305 e. The molecule has 0 saturated carbocycles. The van der Waals surface area contributed by atoms with Gasteiger partial charge in [0.2, 0.25) is 5.13 Å². The van der Waals surface area contributed by atoms with Crippen molar-refractivity contribution in [2.45, 2.75) is 0 Å². The number of nitrogens with one attached hydrogen (secondary N) is 2. The van der Waals surface area contributed by atoms with Gasteiger partial charge in [-0.3, -0.25) is 20.4 Å². The number of rotatable bonds is 3. The largest absolute Gasteiger partial charge is 0.451 e. The predicted octanol–water partition coefficient (Wildman–Crippen LogP) is 3.30. The van der Waals surface area contributed by atoms with Crippen LogP contribution in [-0.2, 0) is 0 Å². The molecule has 0 fully saturated rings. The van der Waals surface area contributed by atoms with Crippen molar-refractivity contribution in [3.8, 4) is 0 Å². The van der Waals surface area contributed by atoms with Crippen LogP contribution in [0.1, 0.15) is 10.6 Å². The van der Waals surface area contributed by atoms with Crippen LogP contribution in [-0.4, -0.2) is 10.9 Å². The predicted molar refractivity (Wildman–Crippen MR) is 93.2 cm³/mol. The number of anilines is 1. The average molecular weight is 355 g/mol. The van der Waals surface area contributed by atoms with Gasteiger partial charge in [0, 0.05) is 6.07 Å². The molecule has 6 nitrogen and oxygen atoms in total. The average Bonchev–Trinajstić information content (AvgIpc) is 3.01. The topological polar surface area (TPSA) is 84.2 Å². The minimum atomic E-state index is -0.617. The van der Waals surface area contributed by atoms with Crippen LogP contribution < -0.4 is 16.3 Å². The van der Waals surface area contributed by atoms with Gasteiger partial charge in [0.15, 0.2) is 11.2 Å². The standard InChI is InChI=1S/C17H10FN3O3S/c18-9-5-6-11-15(7-9)25-17(19-11)21-20-16(23)14-8-12(22)10-3-1-2-4-13(10)24-14/h1-8H,(H,19,21)(H,20,23). The molecule has 1 amide bonds. The fraction of sp³-hybridized carbons (Fsp3) is 0. The summed E-state index contributed by atoms with van der Waals surface area (Å²) in [6, 6.07) is 12.0. The van der Waals surface area contributed by atoms with Crippen LogP contribution in [0.4, 0.5) is 9.52 Å². The van der Waals surface area contributed by atoms with Crippen molar-refractivity contribution in [2.24, 2.45) is 0 Å². The summed E-state index contributed by atoms with van der Waals surface area (Å²) in [5.41, 5.74) is 5.70. The summed E-state index contributed by atoms with van der Waals surface area (Å²) < 4.78 is 19.3. The van der Waals surface area contributed by atoms with Gasteiger partial charge in [-0.2, -0.15) is 0 Å². The first-order valence-electron chi connectivity index (χ1n) is 7.25. The summed E-state index contributed by atoms with van der Waals surface area (Å²) in [5.74, 6) is -1.10. The first kappa shape index (κ1) is 15.3. The molecule has 0 unspecified atom stereocenters. The second-order valence-electron chi connectivity index (χ2n) is 5.18. The zero-order chi connectivity index (χ0) is 17.4. The number of benzene rings is 2. The number of amides is 1. The molecule has 0 spiro atoms. The van der Waals surface area contributed by atoms with Gasteiger partial charge in [-0.1, -0.05) is 23.5 Å². The number of fused-ring (bicyclic) bond motifs is 2. The molecule has 2 aromatic heterocycles. The second kappa shape index (κ2) is 5.99. The SMILES string of the molecule is O=C(NNc1nc2ccc(F)cc2s1)c1cc(=O)c2ccccc2o1. The maximum Gasteiger partial charge on any atom is 0.305 e. The van der Waals surface area contributed by atoms with Crippen molar-refractivity contribution >= 4 is 43.6 Å². The zero-order valence-electron chi connectivity index (χ0n) is 12.6. The lowest BCUT2D eigenvalue weighted by Crippen LogP contribution is -2.29.